The number of nitrogens with zero attached hydrogens (tertiary/aromatic N) is 2. The van der Waals surface area contributed by atoms with Gasteiger partial charge in [-0.15, -0.1) is 0 Å². The number of hydrogen-bond acceptors (Lipinski definition) is 1. The summed E-state index contributed by atoms with van der Waals surface area (Å²) in [6.45, 7) is 2.17. The molecule has 2 heterocycles. The molecule has 2 nitrogen and oxygen atoms in total. The molecule has 4 aromatic rings. The third kappa shape index (κ3) is 1.53. The molecule has 3 heteroatoms. The quantitative estimate of drug-likeness (QED) is 0.466. The Labute approximate surface area is 121 Å². The zero-order valence-corrected chi connectivity index (χ0v) is 12.3. The molecule has 0 radical (unpaired) electrons. The van der Waals surface area contributed by atoms with E-state index in [0.717, 1.165) is 0 Å². The van der Waals surface area contributed by atoms with E-state index in [1.165, 1.54) is 32.0 Å². The van der Waals surface area contributed by atoms with Crippen LogP contribution in [0.4, 0.5) is 0 Å². The second-order valence-corrected chi connectivity index (χ2v) is 6.18. The minimum absolute atomic E-state index is 1.25. The van der Waals surface area contributed by atoms with E-state index >= 15 is 0 Å². The van der Waals surface area contributed by atoms with Crippen molar-refractivity contribution in [3.8, 4) is 11.4 Å². The maximum atomic E-state index is 2.36. The first-order valence-electron chi connectivity index (χ1n) is 6.70. The van der Waals surface area contributed by atoms with E-state index < -0.39 is 0 Å². The molecule has 20 heavy (non-hydrogen) atoms. The highest BCUT2D eigenvalue weighted by molar-refractivity contribution is 7.23. The highest BCUT2D eigenvalue weighted by atomic mass is 32.1. The summed E-state index contributed by atoms with van der Waals surface area (Å²) in [6, 6.07) is 17.2. The van der Waals surface area contributed by atoms with Gasteiger partial charge in [0, 0.05) is 0 Å². The van der Waals surface area contributed by atoms with Crippen molar-refractivity contribution in [1.82, 2.24) is 4.40 Å². The fraction of sp³-hybridized carbons (Fsp3) is 0.118. The molecule has 98 valence electrons. The number of para-hydroxylation sites is 1. The summed E-state index contributed by atoms with van der Waals surface area (Å²) in [4.78, 5) is 1.28. The largest absolute Gasteiger partial charge is 0.295 e. The van der Waals surface area contributed by atoms with Crippen LogP contribution in [0, 0.1) is 6.92 Å². The van der Waals surface area contributed by atoms with Gasteiger partial charge >= 0.3 is 0 Å². The van der Waals surface area contributed by atoms with Crippen LogP contribution in [-0.4, -0.2) is 4.40 Å². The van der Waals surface area contributed by atoms with Crippen LogP contribution in [0.1, 0.15) is 5.56 Å². The molecule has 0 saturated heterocycles. The average Bonchev–Trinajstić information content (AvgIpc) is 2.94. The van der Waals surface area contributed by atoms with E-state index in [1.54, 1.807) is 0 Å². The third-order valence-corrected chi connectivity index (χ3v) is 4.84. The number of fused-ring (bicyclic) bond motifs is 3. The van der Waals surface area contributed by atoms with Crippen LogP contribution in [0.15, 0.2) is 54.7 Å². The molecule has 0 saturated carbocycles. The number of aryl methyl sites for hydroxylation is 2. The van der Waals surface area contributed by atoms with Gasteiger partial charge in [0.05, 0.1) is 17.3 Å². The summed E-state index contributed by atoms with van der Waals surface area (Å²) in [5.74, 6) is 1.25. The first kappa shape index (κ1) is 11.7. The van der Waals surface area contributed by atoms with Crippen molar-refractivity contribution in [2.24, 2.45) is 7.05 Å². The Kier molecular flexibility index (Phi) is 2.44. The van der Waals surface area contributed by atoms with E-state index in [2.05, 4.69) is 77.7 Å². The van der Waals surface area contributed by atoms with Gasteiger partial charge in [-0.3, -0.25) is 0 Å². The van der Waals surface area contributed by atoms with Gasteiger partial charge in [0.25, 0.3) is 5.82 Å². The zero-order chi connectivity index (χ0) is 13.7. The predicted molar refractivity (Wildman–Crippen MR) is 84.1 cm³/mol. The summed E-state index contributed by atoms with van der Waals surface area (Å²) < 4.78 is 5.92. The van der Waals surface area contributed by atoms with E-state index in [9.17, 15) is 0 Å². The fourth-order valence-corrected chi connectivity index (χ4v) is 3.95. The van der Waals surface area contributed by atoms with Gasteiger partial charge in [0.2, 0.25) is 4.83 Å². The number of imidazole rings is 1. The molecular weight excluding hydrogens is 264 g/mol. The van der Waals surface area contributed by atoms with Gasteiger partial charge in [-0.05, 0) is 30.7 Å². The zero-order valence-electron chi connectivity index (χ0n) is 11.5. The lowest BCUT2D eigenvalue weighted by Gasteiger charge is -2.01. The standard InChI is InChI=1S/C17H15N2S/c1-12-7-3-4-8-13(12)17-18(2)11-16-19(17)14-9-5-6-10-15(14)20-16/h3-11H,1-2H3/q+1. The van der Waals surface area contributed by atoms with Gasteiger partial charge < -0.3 is 0 Å². The Balaban J connectivity index is 2.18. The lowest BCUT2D eigenvalue weighted by molar-refractivity contribution is -0.658. The van der Waals surface area contributed by atoms with Gasteiger partial charge in [-0.1, -0.05) is 41.7 Å². The van der Waals surface area contributed by atoms with Gasteiger partial charge in [-0.25, -0.2) is 4.57 Å². The molecule has 0 aliphatic carbocycles. The van der Waals surface area contributed by atoms with Crippen molar-refractivity contribution < 1.29 is 4.57 Å². The van der Waals surface area contributed by atoms with Gasteiger partial charge in [0.15, 0.2) is 5.52 Å². The fourth-order valence-electron chi connectivity index (χ4n) is 2.83. The van der Waals surface area contributed by atoms with Crippen LogP contribution in [0.5, 0.6) is 0 Å². The van der Waals surface area contributed by atoms with Crippen LogP contribution >= 0.6 is 11.3 Å². The number of aromatic nitrogens is 2. The molecule has 0 spiro atoms. The van der Waals surface area contributed by atoms with Crippen molar-refractivity contribution in [2.45, 2.75) is 6.92 Å². The van der Waals surface area contributed by atoms with Crippen molar-refractivity contribution in [1.29, 1.82) is 0 Å². The summed E-state index contributed by atoms with van der Waals surface area (Å²) in [5.41, 5.74) is 3.88. The molecule has 0 unspecified atom stereocenters. The van der Waals surface area contributed by atoms with Crippen molar-refractivity contribution in [3.63, 3.8) is 0 Å². The molecule has 0 amide bonds. The molecule has 0 fully saturated rings. The summed E-state index contributed by atoms with van der Waals surface area (Å²) >= 11 is 1.84. The second-order valence-electron chi connectivity index (χ2n) is 5.12. The minimum atomic E-state index is 1.25. The summed E-state index contributed by atoms with van der Waals surface area (Å²) in [7, 11) is 2.12. The number of benzene rings is 2. The summed E-state index contributed by atoms with van der Waals surface area (Å²) in [6.07, 6.45) is 2.21. The van der Waals surface area contributed by atoms with Crippen LogP contribution in [0.3, 0.4) is 0 Å². The van der Waals surface area contributed by atoms with Crippen LogP contribution in [0.25, 0.3) is 26.4 Å². The molecule has 0 aliphatic heterocycles. The van der Waals surface area contributed by atoms with Gasteiger partial charge in [-0.2, -0.15) is 4.40 Å². The number of rotatable bonds is 1. The normalized spacial score (nSPS) is 11.5. The van der Waals surface area contributed by atoms with E-state index in [-0.39, 0.29) is 0 Å². The Hall–Kier alpha value is -2.13. The van der Waals surface area contributed by atoms with E-state index in [0.29, 0.717) is 0 Å². The average molecular weight is 279 g/mol. The maximum Gasteiger partial charge on any atom is 0.295 e. The van der Waals surface area contributed by atoms with Gasteiger partial charge in [0.1, 0.15) is 6.20 Å². The molecule has 4 rings (SSSR count). The SMILES string of the molecule is Cc1ccccc1-c1n2c(c[n+]1C)sc1ccccc12. The van der Waals surface area contributed by atoms with Crippen molar-refractivity contribution in [2.75, 3.05) is 0 Å². The molecular formula is C17H15N2S+. The Morgan fingerprint density at radius 2 is 1.75 bits per heavy atom. The third-order valence-electron chi connectivity index (χ3n) is 3.78. The molecule has 0 bridgehead atoms. The highest BCUT2D eigenvalue weighted by Gasteiger charge is 2.23. The Morgan fingerprint density at radius 1 is 1.00 bits per heavy atom. The summed E-state index contributed by atoms with van der Waals surface area (Å²) in [5, 5.41) is 0. The highest BCUT2D eigenvalue weighted by Crippen LogP contribution is 2.31. The first-order valence-corrected chi connectivity index (χ1v) is 7.52. The molecule has 0 aliphatic rings. The predicted octanol–water partition coefficient (Wildman–Crippen LogP) is 3.95. The van der Waals surface area contributed by atoms with E-state index in [4.69, 9.17) is 0 Å². The monoisotopic (exact) mass is 279 g/mol. The Morgan fingerprint density at radius 3 is 2.60 bits per heavy atom. The lowest BCUT2D eigenvalue weighted by atomic mass is 10.1. The number of hydrogen-bond donors (Lipinski definition) is 0. The molecule has 2 aromatic carbocycles. The van der Waals surface area contributed by atoms with Crippen molar-refractivity contribution in [3.05, 3.63) is 60.3 Å². The van der Waals surface area contributed by atoms with E-state index in [1.807, 2.05) is 11.3 Å². The first-order chi connectivity index (χ1) is 9.75. The maximum absolute atomic E-state index is 2.36. The molecule has 0 N–H and O–H groups in total. The Bertz CT molecular complexity index is 931. The lowest BCUT2D eigenvalue weighted by Crippen LogP contribution is -2.28. The molecule has 2 aromatic heterocycles. The van der Waals surface area contributed by atoms with Crippen molar-refractivity contribution >= 4 is 26.4 Å². The van der Waals surface area contributed by atoms with Crippen LogP contribution in [-0.2, 0) is 7.05 Å². The van der Waals surface area contributed by atoms with Crippen LogP contribution < -0.4 is 4.57 Å². The smallest absolute Gasteiger partial charge is 0.231 e. The van der Waals surface area contributed by atoms with Crippen LogP contribution in [0.2, 0.25) is 0 Å². The minimum Gasteiger partial charge on any atom is -0.231 e. The topological polar surface area (TPSA) is 8.29 Å². The molecule has 0 atom stereocenters. The number of thiazole rings is 1. The second kappa shape index (κ2) is 4.18.